The number of hydrogen-bond donors (Lipinski definition) is 1. The molecule has 1 N–H and O–H groups in total. The van der Waals surface area contributed by atoms with Gasteiger partial charge in [0, 0.05) is 10.7 Å². The summed E-state index contributed by atoms with van der Waals surface area (Å²) in [7, 11) is 0. The van der Waals surface area contributed by atoms with Crippen molar-refractivity contribution >= 4 is 78.6 Å². The largest absolute Gasteiger partial charge is 0.487 e. The number of ether oxygens (including phenoxy) is 1. The van der Waals surface area contributed by atoms with E-state index >= 15 is 0 Å². The van der Waals surface area contributed by atoms with Crippen molar-refractivity contribution < 1.29 is 9.53 Å². The summed E-state index contributed by atoms with van der Waals surface area (Å²) in [6, 6.07) is 25.3. The lowest BCUT2D eigenvalue weighted by atomic mass is 10.1. The Hall–Kier alpha value is -2.86. The first-order chi connectivity index (χ1) is 16.8. The molecule has 0 radical (unpaired) electrons. The summed E-state index contributed by atoms with van der Waals surface area (Å²) in [5.74, 6) is 0.198. The van der Waals surface area contributed by atoms with Crippen LogP contribution in [0, 0.1) is 21.8 Å². The zero-order chi connectivity index (χ0) is 24.9. The maximum Gasteiger partial charge on any atom is 0.266 e. The number of hydrogen-bond acceptors (Lipinski definition) is 3. The molecule has 174 valence electrons. The van der Waals surface area contributed by atoms with Gasteiger partial charge in [0.2, 0.25) is 0 Å². The Morgan fingerprint density at radius 3 is 2.60 bits per heavy atom. The average Bonchev–Trinajstić information content (AvgIpc) is 2.84. The maximum absolute atomic E-state index is 12.7. The van der Waals surface area contributed by atoms with Gasteiger partial charge in [-0.25, -0.2) is 0 Å². The predicted molar refractivity (Wildman–Crippen MR) is 154 cm³/mol. The second kappa shape index (κ2) is 11.3. The summed E-state index contributed by atoms with van der Waals surface area (Å²) in [5, 5.41) is 15.2. The molecule has 35 heavy (non-hydrogen) atoms. The van der Waals surface area contributed by atoms with Gasteiger partial charge in [0.1, 0.15) is 24.0 Å². The molecule has 0 spiro atoms. The van der Waals surface area contributed by atoms with Crippen LogP contribution in [0.25, 0.3) is 16.8 Å². The van der Waals surface area contributed by atoms with E-state index in [4.69, 9.17) is 16.3 Å². The smallest absolute Gasteiger partial charge is 0.266 e. The van der Waals surface area contributed by atoms with Gasteiger partial charge in [-0.1, -0.05) is 54.1 Å². The number of aryl methyl sites for hydroxylation is 1. The summed E-state index contributed by atoms with van der Waals surface area (Å²) in [6.45, 7) is 2.29. The topological polar surface area (TPSA) is 62.1 Å². The molecule has 0 saturated heterocycles. The summed E-state index contributed by atoms with van der Waals surface area (Å²) in [6.07, 6.45) is 1.55. The second-order valence-electron chi connectivity index (χ2n) is 7.87. The van der Waals surface area contributed by atoms with Crippen LogP contribution in [0.3, 0.4) is 0 Å². The van der Waals surface area contributed by atoms with Gasteiger partial charge in [-0.2, -0.15) is 5.26 Å². The first-order valence-corrected chi connectivity index (χ1v) is 12.9. The third-order valence-corrected chi connectivity index (χ3v) is 7.12. The van der Waals surface area contributed by atoms with Crippen molar-refractivity contribution in [3.8, 4) is 11.8 Å². The van der Waals surface area contributed by atoms with E-state index in [0.717, 1.165) is 24.6 Å². The average molecular weight is 658 g/mol. The van der Waals surface area contributed by atoms with Crippen LogP contribution in [0.2, 0.25) is 5.02 Å². The Morgan fingerprint density at radius 1 is 1.11 bits per heavy atom. The minimum absolute atomic E-state index is 0.0192. The monoisotopic (exact) mass is 656 g/mol. The first kappa shape index (κ1) is 25.2. The van der Waals surface area contributed by atoms with E-state index in [9.17, 15) is 10.1 Å². The van der Waals surface area contributed by atoms with E-state index in [1.165, 1.54) is 5.39 Å². The fourth-order valence-corrected chi connectivity index (χ4v) is 5.42. The van der Waals surface area contributed by atoms with Gasteiger partial charge < -0.3 is 10.1 Å². The molecule has 4 rings (SSSR count). The Kier molecular flexibility index (Phi) is 8.11. The number of nitrogens with zero attached hydrogens (tertiary/aromatic N) is 1. The summed E-state index contributed by atoms with van der Waals surface area (Å²) in [4.78, 5) is 12.7. The number of nitrogens with one attached hydrogen (secondary N) is 1. The first-order valence-electron chi connectivity index (χ1n) is 10.6. The van der Waals surface area contributed by atoms with Crippen LogP contribution in [0.4, 0.5) is 5.69 Å². The molecule has 0 heterocycles. The van der Waals surface area contributed by atoms with Gasteiger partial charge in [-0.3, -0.25) is 4.79 Å². The zero-order valence-electron chi connectivity index (χ0n) is 18.6. The quantitative estimate of drug-likeness (QED) is 0.129. The van der Waals surface area contributed by atoms with Crippen molar-refractivity contribution in [2.75, 3.05) is 5.32 Å². The highest BCUT2D eigenvalue weighted by molar-refractivity contribution is 14.1. The third-order valence-electron chi connectivity index (χ3n) is 5.32. The predicted octanol–water partition coefficient (Wildman–Crippen LogP) is 8.29. The highest BCUT2D eigenvalue weighted by Gasteiger charge is 2.13. The molecule has 4 aromatic rings. The molecule has 0 unspecified atom stereocenters. The van der Waals surface area contributed by atoms with Crippen molar-refractivity contribution in [2.45, 2.75) is 13.5 Å². The van der Waals surface area contributed by atoms with Gasteiger partial charge in [0.15, 0.2) is 0 Å². The van der Waals surface area contributed by atoms with Crippen molar-refractivity contribution in [1.82, 2.24) is 0 Å². The molecular weight excluding hydrogens is 639 g/mol. The highest BCUT2D eigenvalue weighted by atomic mass is 127. The number of anilines is 1. The Bertz CT molecular complexity index is 1490. The Morgan fingerprint density at radius 2 is 1.89 bits per heavy atom. The number of carbonyl (C=O) groups excluding carboxylic acids is 1. The van der Waals surface area contributed by atoms with E-state index in [-0.39, 0.29) is 5.57 Å². The molecule has 0 aliphatic carbocycles. The molecule has 0 aliphatic rings. The van der Waals surface area contributed by atoms with Crippen LogP contribution in [0.5, 0.6) is 5.75 Å². The molecule has 0 atom stereocenters. The highest BCUT2D eigenvalue weighted by Crippen LogP contribution is 2.33. The lowest BCUT2D eigenvalue weighted by molar-refractivity contribution is -0.112. The van der Waals surface area contributed by atoms with Gasteiger partial charge >= 0.3 is 0 Å². The minimum atomic E-state index is -0.504. The zero-order valence-corrected chi connectivity index (χ0v) is 23.1. The Balaban J connectivity index is 1.50. The SMILES string of the molecule is Cc1ccc(NC(=O)/C(C#N)=C\c2cc(Br)c(OCc3ccc4ccccc4c3)c(I)c2)cc1Cl. The summed E-state index contributed by atoms with van der Waals surface area (Å²) >= 11 is 11.9. The molecule has 1 amide bonds. The van der Waals surface area contributed by atoms with Crippen LogP contribution >= 0.6 is 50.1 Å². The normalized spacial score (nSPS) is 11.2. The molecule has 7 heteroatoms. The molecule has 4 aromatic carbocycles. The summed E-state index contributed by atoms with van der Waals surface area (Å²) in [5.41, 5.74) is 3.18. The lowest BCUT2D eigenvalue weighted by Gasteiger charge is -2.12. The van der Waals surface area contributed by atoms with E-state index in [0.29, 0.717) is 28.6 Å². The standard InChI is InChI=1S/C28H19BrClIN2O2/c1-17-6-9-23(14-25(17)30)33-28(34)22(15-32)11-19-12-24(29)27(26(31)13-19)35-16-18-7-8-20-4-2-3-5-21(20)10-18/h2-14H,16H2,1H3,(H,33,34)/b22-11-. The second-order valence-corrected chi connectivity index (χ2v) is 10.3. The number of rotatable bonds is 6. The molecule has 0 fully saturated rings. The van der Waals surface area contributed by atoms with Crippen molar-refractivity contribution in [3.63, 3.8) is 0 Å². The van der Waals surface area contributed by atoms with Gasteiger partial charge in [-0.15, -0.1) is 0 Å². The van der Waals surface area contributed by atoms with Crippen LogP contribution in [0.15, 0.2) is 82.8 Å². The van der Waals surface area contributed by atoms with Crippen molar-refractivity contribution in [3.05, 3.63) is 108 Å². The number of nitriles is 1. The van der Waals surface area contributed by atoms with Gasteiger partial charge in [0.05, 0.1) is 8.04 Å². The number of amides is 1. The van der Waals surface area contributed by atoms with Crippen molar-refractivity contribution in [2.24, 2.45) is 0 Å². The van der Waals surface area contributed by atoms with E-state index in [1.54, 1.807) is 18.2 Å². The van der Waals surface area contributed by atoms with Crippen LogP contribution in [-0.2, 0) is 11.4 Å². The van der Waals surface area contributed by atoms with E-state index < -0.39 is 5.91 Å². The fraction of sp³-hybridized carbons (Fsp3) is 0.0714. The Labute approximate surface area is 230 Å². The molecule has 0 aliphatic heterocycles. The molecular formula is C28H19BrClIN2O2. The fourth-order valence-electron chi connectivity index (χ4n) is 3.47. The molecule has 0 bridgehead atoms. The van der Waals surface area contributed by atoms with E-state index in [1.807, 2.05) is 43.3 Å². The van der Waals surface area contributed by atoms with Crippen LogP contribution < -0.4 is 10.1 Å². The van der Waals surface area contributed by atoms with E-state index in [2.05, 4.69) is 74.2 Å². The van der Waals surface area contributed by atoms with Crippen molar-refractivity contribution in [1.29, 1.82) is 5.26 Å². The minimum Gasteiger partial charge on any atom is -0.487 e. The molecule has 0 aromatic heterocycles. The van der Waals surface area contributed by atoms with Gasteiger partial charge in [0.25, 0.3) is 5.91 Å². The number of carbonyl (C=O) groups is 1. The molecule has 4 nitrogen and oxygen atoms in total. The number of benzene rings is 4. The van der Waals surface area contributed by atoms with Crippen LogP contribution in [-0.4, -0.2) is 5.91 Å². The van der Waals surface area contributed by atoms with Crippen LogP contribution in [0.1, 0.15) is 16.7 Å². The van der Waals surface area contributed by atoms with Gasteiger partial charge in [-0.05, 0) is 109 Å². The lowest BCUT2D eigenvalue weighted by Crippen LogP contribution is -2.13. The number of halogens is 3. The summed E-state index contributed by atoms with van der Waals surface area (Å²) < 4.78 is 7.69. The maximum atomic E-state index is 12.7. The number of fused-ring (bicyclic) bond motifs is 1. The molecule has 0 saturated carbocycles. The third kappa shape index (κ3) is 6.23.